The Morgan fingerprint density at radius 1 is 0.800 bits per heavy atom. The van der Waals surface area contributed by atoms with E-state index < -0.39 is 5.72 Å². The van der Waals surface area contributed by atoms with Crippen LogP contribution in [-0.2, 0) is 10.5 Å². The summed E-state index contributed by atoms with van der Waals surface area (Å²) in [5.41, 5.74) is 2.07. The first-order valence-electron chi connectivity index (χ1n) is 6.93. The van der Waals surface area contributed by atoms with Gasteiger partial charge in [-0.25, -0.2) is 4.99 Å². The first-order chi connectivity index (χ1) is 9.55. The van der Waals surface area contributed by atoms with Gasteiger partial charge in [0.2, 0.25) is 5.72 Å². The van der Waals surface area contributed by atoms with Gasteiger partial charge in [-0.2, -0.15) is 0 Å². The number of aliphatic imine (C=N–C) groups is 1. The van der Waals surface area contributed by atoms with Crippen molar-refractivity contribution in [3.05, 3.63) is 71.8 Å². The number of benzene rings is 2. The Bertz CT molecular complexity index is 589. The molecule has 0 saturated heterocycles. The minimum Gasteiger partial charge on any atom is -0.334 e. The van der Waals surface area contributed by atoms with Crippen molar-refractivity contribution in [2.45, 2.75) is 32.1 Å². The first kappa shape index (κ1) is 13.1. The van der Waals surface area contributed by atoms with E-state index in [-0.39, 0.29) is 5.60 Å². The van der Waals surface area contributed by atoms with Gasteiger partial charge >= 0.3 is 0 Å². The SMILES string of the molecule is CC1=NC(c2ccccc2)(c2ccccc2)OC1(C)C. The van der Waals surface area contributed by atoms with Gasteiger partial charge in [-0.3, -0.25) is 0 Å². The van der Waals surface area contributed by atoms with Gasteiger partial charge in [-0.1, -0.05) is 60.7 Å². The fraction of sp³-hybridized carbons (Fsp3) is 0.278. The standard InChI is InChI=1S/C18H19NO/c1-14-17(2,3)20-18(19-14,15-10-6-4-7-11-15)16-12-8-5-9-13-16/h4-13H,1-3H3. The number of hydrogen-bond donors (Lipinski definition) is 0. The lowest BCUT2D eigenvalue weighted by molar-refractivity contribution is -0.0607. The summed E-state index contributed by atoms with van der Waals surface area (Å²) < 4.78 is 6.42. The molecule has 0 N–H and O–H groups in total. The van der Waals surface area contributed by atoms with Crippen LogP contribution >= 0.6 is 0 Å². The second kappa shape index (κ2) is 4.57. The van der Waals surface area contributed by atoms with E-state index in [4.69, 9.17) is 9.73 Å². The van der Waals surface area contributed by atoms with Gasteiger partial charge < -0.3 is 4.74 Å². The highest BCUT2D eigenvalue weighted by molar-refractivity contribution is 5.92. The molecule has 0 bridgehead atoms. The maximum absolute atomic E-state index is 6.42. The minimum atomic E-state index is -0.726. The monoisotopic (exact) mass is 265 g/mol. The van der Waals surface area contributed by atoms with Gasteiger partial charge in [-0.15, -0.1) is 0 Å². The summed E-state index contributed by atoms with van der Waals surface area (Å²) >= 11 is 0. The topological polar surface area (TPSA) is 21.6 Å². The molecule has 2 aromatic carbocycles. The van der Waals surface area contributed by atoms with Crippen LogP contribution in [0.3, 0.4) is 0 Å². The third-order valence-corrected chi connectivity index (χ3v) is 3.93. The molecule has 1 aliphatic heterocycles. The molecule has 3 rings (SSSR count). The molecule has 0 fully saturated rings. The largest absolute Gasteiger partial charge is 0.334 e. The average Bonchev–Trinajstić information content (AvgIpc) is 2.72. The van der Waals surface area contributed by atoms with E-state index in [0.717, 1.165) is 16.8 Å². The van der Waals surface area contributed by atoms with Gasteiger partial charge in [0.15, 0.2) is 0 Å². The molecule has 102 valence electrons. The smallest absolute Gasteiger partial charge is 0.212 e. The van der Waals surface area contributed by atoms with Crippen LogP contribution in [0.2, 0.25) is 0 Å². The van der Waals surface area contributed by atoms with Gasteiger partial charge in [-0.05, 0) is 20.8 Å². The third-order valence-electron chi connectivity index (χ3n) is 3.93. The highest BCUT2D eigenvalue weighted by Crippen LogP contribution is 2.44. The maximum Gasteiger partial charge on any atom is 0.212 e. The van der Waals surface area contributed by atoms with E-state index in [0.29, 0.717) is 0 Å². The number of ether oxygens (including phenoxy) is 1. The quantitative estimate of drug-likeness (QED) is 0.799. The van der Waals surface area contributed by atoms with Crippen molar-refractivity contribution in [1.29, 1.82) is 0 Å². The van der Waals surface area contributed by atoms with Gasteiger partial charge in [0.25, 0.3) is 0 Å². The van der Waals surface area contributed by atoms with Crippen LogP contribution in [0.4, 0.5) is 0 Å². The summed E-state index contributed by atoms with van der Waals surface area (Å²) in [6, 6.07) is 20.4. The summed E-state index contributed by atoms with van der Waals surface area (Å²) in [5.74, 6) is 0. The predicted molar refractivity (Wildman–Crippen MR) is 81.9 cm³/mol. The molecule has 1 heterocycles. The first-order valence-corrected chi connectivity index (χ1v) is 6.93. The van der Waals surface area contributed by atoms with E-state index in [9.17, 15) is 0 Å². The van der Waals surface area contributed by atoms with E-state index in [1.54, 1.807) is 0 Å². The molecule has 1 aliphatic rings. The van der Waals surface area contributed by atoms with E-state index in [1.807, 2.05) is 43.3 Å². The zero-order chi connectivity index (χ0) is 14.2. The molecule has 0 radical (unpaired) electrons. The normalized spacial score (nSPS) is 19.6. The molecular weight excluding hydrogens is 246 g/mol. The van der Waals surface area contributed by atoms with Crippen molar-refractivity contribution in [3.63, 3.8) is 0 Å². The molecule has 0 unspecified atom stereocenters. The van der Waals surface area contributed by atoms with Crippen molar-refractivity contribution < 1.29 is 4.74 Å². The minimum absolute atomic E-state index is 0.355. The molecule has 2 nitrogen and oxygen atoms in total. The number of hydrogen-bond acceptors (Lipinski definition) is 2. The Morgan fingerprint density at radius 3 is 1.60 bits per heavy atom. The van der Waals surface area contributed by atoms with Crippen molar-refractivity contribution >= 4 is 5.71 Å². The molecule has 0 saturated carbocycles. The summed E-state index contributed by atoms with van der Waals surface area (Å²) in [4.78, 5) is 4.91. The fourth-order valence-corrected chi connectivity index (χ4v) is 2.58. The lowest BCUT2D eigenvalue weighted by Crippen LogP contribution is -2.34. The second-order valence-electron chi connectivity index (χ2n) is 5.69. The van der Waals surface area contributed by atoms with Crippen molar-refractivity contribution in [1.82, 2.24) is 0 Å². The number of nitrogens with zero attached hydrogens (tertiary/aromatic N) is 1. The predicted octanol–water partition coefficient (Wildman–Crippen LogP) is 4.16. The van der Waals surface area contributed by atoms with Crippen molar-refractivity contribution in [2.75, 3.05) is 0 Å². The van der Waals surface area contributed by atoms with Crippen molar-refractivity contribution in [2.24, 2.45) is 4.99 Å². The molecule has 0 aliphatic carbocycles. The summed E-state index contributed by atoms with van der Waals surface area (Å²) in [6.07, 6.45) is 0. The molecular formula is C18H19NO. The second-order valence-corrected chi connectivity index (χ2v) is 5.69. The van der Waals surface area contributed by atoms with Crippen LogP contribution in [0.1, 0.15) is 31.9 Å². The fourth-order valence-electron chi connectivity index (χ4n) is 2.58. The van der Waals surface area contributed by atoms with Crippen LogP contribution in [-0.4, -0.2) is 11.3 Å². The summed E-state index contributed by atoms with van der Waals surface area (Å²) in [5, 5.41) is 0. The van der Waals surface area contributed by atoms with E-state index >= 15 is 0 Å². The third kappa shape index (κ3) is 1.97. The van der Waals surface area contributed by atoms with Crippen LogP contribution < -0.4 is 0 Å². The van der Waals surface area contributed by atoms with Crippen LogP contribution in [0.5, 0.6) is 0 Å². The lowest BCUT2D eigenvalue weighted by atomic mass is 9.95. The lowest BCUT2D eigenvalue weighted by Gasteiger charge is -2.31. The summed E-state index contributed by atoms with van der Waals surface area (Å²) in [7, 11) is 0. The van der Waals surface area contributed by atoms with Crippen LogP contribution in [0.25, 0.3) is 0 Å². The molecule has 2 heteroatoms. The molecule has 2 aromatic rings. The van der Waals surface area contributed by atoms with E-state index in [1.165, 1.54) is 0 Å². The Balaban J connectivity index is 2.21. The zero-order valence-electron chi connectivity index (χ0n) is 12.1. The zero-order valence-corrected chi connectivity index (χ0v) is 12.1. The maximum atomic E-state index is 6.42. The van der Waals surface area contributed by atoms with Crippen LogP contribution in [0.15, 0.2) is 65.7 Å². The molecule has 0 amide bonds. The Kier molecular flexibility index (Phi) is 2.98. The Hall–Kier alpha value is -1.93. The molecule has 0 spiro atoms. The van der Waals surface area contributed by atoms with Crippen molar-refractivity contribution in [3.8, 4) is 0 Å². The molecule has 0 atom stereocenters. The molecule has 20 heavy (non-hydrogen) atoms. The van der Waals surface area contributed by atoms with Gasteiger partial charge in [0.05, 0.1) is 0 Å². The summed E-state index contributed by atoms with van der Waals surface area (Å²) in [6.45, 7) is 6.17. The molecule has 0 aromatic heterocycles. The van der Waals surface area contributed by atoms with E-state index in [2.05, 4.69) is 38.1 Å². The van der Waals surface area contributed by atoms with Gasteiger partial charge in [0.1, 0.15) is 5.60 Å². The number of rotatable bonds is 2. The average molecular weight is 265 g/mol. The highest BCUT2D eigenvalue weighted by Gasteiger charge is 2.47. The van der Waals surface area contributed by atoms with Crippen LogP contribution in [0, 0.1) is 0 Å². The highest BCUT2D eigenvalue weighted by atomic mass is 16.5. The Labute approximate surface area is 120 Å². The Morgan fingerprint density at radius 2 is 1.25 bits per heavy atom. The van der Waals surface area contributed by atoms with Gasteiger partial charge in [0, 0.05) is 16.8 Å².